The smallest absolute Gasteiger partial charge is 0.257 e. The maximum Gasteiger partial charge on any atom is 0.257 e. The fraction of sp³-hybridized carbons (Fsp3) is 0.0714. The maximum atomic E-state index is 12.2. The summed E-state index contributed by atoms with van der Waals surface area (Å²) >= 11 is 5.97. The Labute approximate surface area is 126 Å². The van der Waals surface area contributed by atoms with Gasteiger partial charge in [0.05, 0.1) is 22.8 Å². The molecule has 2 rings (SSSR count). The second-order valence-corrected chi connectivity index (χ2v) is 4.56. The van der Waals surface area contributed by atoms with Crippen molar-refractivity contribution in [1.29, 1.82) is 0 Å². The normalized spacial score (nSPS) is 9.95. The standard InChI is InChI=1S/C14H13ClN4O2/c15-10-5-2-1-4-9(10)14(21)19-11-6-3-7-17-13(11)18-8-12(16)20/h1-7H,8H2,(H2,16,20)(H,17,18)(H,19,21). The number of anilines is 2. The molecule has 0 spiro atoms. The highest BCUT2D eigenvalue weighted by Crippen LogP contribution is 2.21. The second-order valence-electron chi connectivity index (χ2n) is 4.15. The number of rotatable bonds is 5. The zero-order valence-corrected chi connectivity index (χ0v) is 11.7. The van der Waals surface area contributed by atoms with E-state index in [1.54, 1.807) is 36.4 Å². The number of benzene rings is 1. The molecule has 21 heavy (non-hydrogen) atoms. The first-order valence-corrected chi connectivity index (χ1v) is 6.49. The molecular weight excluding hydrogens is 292 g/mol. The van der Waals surface area contributed by atoms with E-state index in [0.29, 0.717) is 22.1 Å². The zero-order chi connectivity index (χ0) is 15.2. The van der Waals surface area contributed by atoms with Gasteiger partial charge in [0.25, 0.3) is 5.91 Å². The van der Waals surface area contributed by atoms with E-state index >= 15 is 0 Å². The SMILES string of the molecule is NC(=O)CNc1ncccc1NC(=O)c1ccccc1Cl. The van der Waals surface area contributed by atoms with Crippen molar-refractivity contribution in [3.05, 3.63) is 53.2 Å². The summed E-state index contributed by atoms with van der Waals surface area (Å²) in [6.07, 6.45) is 1.54. The van der Waals surface area contributed by atoms with Gasteiger partial charge < -0.3 is 16.4 Å². The predicted molar refractivity (Wildman–Crippen MR) is 81.3 cm³/mol. The van der Waals surface area contributed by atoms with Crippen LogP contribution in [0.3, 0.4) is 0 Å². The van der Waals surface area contributed by atoms with Crippen LogP contribution in [0.2, 0.25) is 5.02 Å². The molecule has 0 aliphatic heterocycles. The van der Waals surface area contributed by atoms with E-state index in [1.165, 1.54) is 6.20 Å². The summed E-state index contributed by atoms with van der Waals surface area (Å²) in [5, 5.41) is 5.79. The third-order valence-corrected chi connectivity index (χ3v) is 2.93. The first-order valence-electron chi connectivity index (χ1n) is 6.11. The van der Waals surface area contributed by atoms with Gasteiger partial charge in [-0.3, -0.25) is 9.59 Å². The largest absolute Gasteiger partial charge is 0.368 e. The number of nitrogens with zero attached hydrogens (tertiary/aromatic N) is 1. The third kappa shape index (κ3) is 3.93. The maximum absolute atomic E-state index is 12.2. The number of aromatic nitrogens is 1. The fourth-order valence-electron chi connectivity index (χ4n) is 1.65. The van der Waals surface area contributed by atoms with Crippen LogP contribution in [-0.4, -0.2) is 23.3 Å². The van der Waals surface area contributed by atoms with Gasteiger partial charge in [0, 0.05) is 6.20 Å². The van der Waals surface area contributed by atoms with Crippen molar-refractivity contribution >= 4 is 34.9 Å². The summed E-state index contributed by atoms with van der Waals surface area (Å²) in [6, 6.07) is 10.0. The predicted octanol–water partition coefficient (Wildman–Crippen LogP) is 1.88. The zero-order valence-electron chi connectivity index (χ0n) is 11.0. The average molecular weight is 305 g/mol. The minimum Gasteiger partial charge on any atom is -0.368 e. The number of carbonyl (C=O) groups is 2. The Morgan fingerprint density at radius 1 is 1.19 bits per heavy atom. The molecule has 1 heterocycles. The van der Waals surface area contributed by atoms with Gasteiger partial charge >= 0.3 is 0 Å². The van der Waals surface area contributed by atoms with Gasteiger partial charge in [0.1, 0.15) is 5.82 Å². The van der Waals surface area contributed by atoms with Crippen LogP contribution in [0.4, 0.5) is 11.5 Å². The van der Waals surface area contributed by atoms with E-state index in [0.717, 1.165) is 0 Å². The van der Waals surface area contributed by atoms with Gasteiger partial charge in [-0.1, -0.05) is 23.7 Å². The van der Waals surface area contributed by atoms with Crippen LogP contribution < -0.4 is 16.4 Å². The van der Waals surface area contributed by atoms with E-state index in [9.17, 15) is 9.59 Å². The molecule has 1 aromatic carbocycles. The molecule has 0 fully saturated rings. The molecular formula is C14H13ClN4O2. The molecule has 108 valence electrons. The molecule has 0 bridgehead atoms. The monoisotopic (exact) mass is 304 g/mol. The van der Waals surface area contributed by atoms with Crippen LogP contribution in [0.1, 0.15) is 10.4 Å². The quantitative estimate of drug-likeness (QED) is 0.785. The van der Waals surface area contributed by atoms with E-state index in [-0.39, 0.29) is 12.5 Å². The summed E-state index contributed by atoms with van der Waals surface area (Å²) < 4.78 is 0. The Kier molecular flexibility index (Phi) is 4.73. The Bertz CT molecular complexity index is 676. The summed E-state index contributed by atoms with van der Waals surface area (Å²) in [4.78, 5) is 27.0. The van der Waals surface area contributed by atoms with Crippen molar-refractivity contribution in [2.75, 3.05) is 17.2 Å². The number of nitrogens with one attached hydrogen (secondary N) is 2. The first kappa shape index (κ1) is 14.8. The molecule has 1 aromatic heterocycles. The topological polar surface area (TPSA) is 97.1 Å². The van der Waals surface area contributed by atoms with Crippen molar-refractivity contribution in [3.63, 3.8) is 0 Å². The Balaban J connectivity index is 2.18. The van der Waals surface area contributed by atoms with Crippen LogP contribution in [0, 0.1) is 0 Å². The minimum absolute atomic E-state index is 0.0774. The van der Waals surface area contributed by atoms with E-state index in [4.69, 9.17) is 17.3 Å². The molecule has 6 nitrogen and oxygen atoms in total. The number of pyridine rings is 1. The molecule has 7 heteroatoms. The van der Waals surface area contributed by atoms with Crippen molar-refractivity contribution in [2.24, 2.45) is 5.73 Å². The van der Waals surface area contributed by atoms with Crippen molar-refractivity contribution < 1.29 is 9.59 Å². The van der Waals surface area contributed by atoms with E-state index in [2.05, 4.69) is 15.6 Å². The van der Waals surface area contributed by atoms with Crippen molar-refractivity contribution in [2.45, 2.75) is 0 Å². The van der Waals surface area contributed by atoms with Crippen LogP contribution >= 0.6 is 11.6 Å². The molecule has 0 aliphatic rings. The lowest BCUT2D eigenvalue weighted by Crippen LogP contribution is -2.23. The minimum atomic E-state index is -0.524. The number of hydrogen-bond acceptors (Lipinski definition) is 4. The van der Waals surface area contributed by atoms with E-state index < -0.39 is 5.91 Å². The molecule has 4 N–H and O–H groups in total. The highest BCUT2D eigenvalue weighted by Gasteiger charge is 2.12. The van der Waals surface area contributed by atoms with Crippen LogP contribution in [0.25, 0.3) is 0 Å². The number of nitrogens with two attached hydrogens (primary N) is 1. The van der Waals surface area contributed by atoms with Gasteiger partial charge in [0.15, 0.2) is 0 Å². The Morgan fingerprint density at radius 3 is 2.67 bits per heavy atom. The highest BCUT2D eigenvalue weighted by atomic mass is 35.5. The van der Waals surface area contributed by atoms with Gasteiger partial charge in [0.2, 0.25) is 5.91 Å². The van der Waals surface area contributed by atoms with Gasteiger partial charge in [-0.25, -0.2) is 4.98 Å². The average Bonchev–Trinajstić information content (AvgIpc) is 2.46. The number of halogens is 1. The summed E-state index contributed by atoms with van der Waals surface area (Å²) in [6.45, 7) is -0.0774. The Morgan fingerprint density at radius 2 is 1.95 bits per heavy atom. The first-order chi connectivity index (χ1) is 10.1. The molecule has 0 radical (unpaired) electrons. The molecule has 0 saturated heterocycles. The summed E-state index contributed by atoms with van der Waals surface area (Å²) in [5.74, 6) is -0.531. The van der Waals surface area contributed by atoms with Crippen LogP contribution in [0.5, 0.6) is 0 Å². The summed E-state index contributed by atoms with van der Waals surface area (Å²) in [7, 11) is 0. The van der Waals surface area contributed by atoms with Crippen LogP contribution in [-0.2, 0) is 4.79 Å². The number of hydrogen-bond donors (Lipinski definition) is 3. The second kappa shape index (κ2) is 6.71. The molecule has 0 atom stereocenters. The van der Waals surface area contributed by atoms with Gasteiger partial charge in [-0.2, -0.15) is 0 Å². The molecule has 2 aromatic rings. The fourth-order valence-corrected chi connectivity index (χ4v) is 1.87. The van der Waals surface area contributed by atoms with Crippen molar-refractivity contribution in [3.8, 4) is 0 Å². The van der Waals surface area contributed by atoms with Gasteiger partial charge in [-0.05, 0) is 24.3 Å². The molecule has 0 aliphatic carbocycles. The Hall–Kier alpha value is -2.60. The summed E-state index contributed by atoms with van der Waals surface area (Å²) in [5.41, 5.74) is 5.85. The number of primary amides is 1. The lowest BCUT2D eigenvalue weighted by Gasteiger charge is -2.11. The molecule has 0 unspecified atom stereocenters. The lowest BCUT2D eigenvalue weighted by molar-refractivity contribution is -0.116. The van der Waals surface area contributed by atoms with Crippen LogP contribution in [0.15, 0.2) is 42.6 Å². The lowest BCUT2D eigenvalue weighted by atomic mass is 10.2. The van der Waals surface area contributed by atoms with Gasteiger partial charge in [-0.15, -0.1) is 0 Å². The van der Waals surface area contributed by atoms with Crippen molar-refractivity contribution in [1.82, 2.24) is 4.98 Å². The molecule has 2 amide bonds. The third-order valence-electron chi connectivity index (χ3n) is 2.60. The molecule has 0 saturated carbocycles. The van der Waals surface area contributed by atoms with E-state index in [1.807, 2.05) is 0 Å². The number of carbonyl (C=O) groups excluding carboxylic acids is 2. The highest BCUT2D eigenvalue weighted by molar-refractivity contribution is 6.34. The number of amides is 2.